The molecule has 0 aliphatic carbocycles. The van der Waals surface area contributed by atoms with Crippen LogP contribution in [0.5, 0.6) is 0 Å². The van der Waals surface area contributed by atoms with E-state index >= 15 is 0 Å². The smallest absolute Gasteiger partial charge is 0.245 e. The van der Waals surface area contributed by atoms with E-state index in [4.69, 9.17) is 0 Å². The van der Waals surface area contributed by atoms with Crippen LogP contribution < -0.4 is 9.62 Å². The Bertz CT molecular complexity index is 936. The predicted octanol–water partition coefficient (Wildman–Crippen LogP) is 2.67. The summed E-state index contributed by atoms with van der Waals surface area (Å²) in [5.41, 5.74) is 2.69. The van der Waals surface area contributed by atoms with Crippen LogP contribution in [0.15, 0.2) is 41.3 Å². The van der Waals surface area contributed by atoms with Crippen LogP contribution in [0, 0.1) is 25.5 Å². The lowest BCUT2D eigenvalue weighted by Crippen LogP contribution is -2.41. The van der Waals surface area contributed by atoms with E-state index in [1.165, 1.54) is 4.90 Å². The molecule has 138 valence electrons. The van der Waals surface area contributed by atoms with Gasteiger partial charge in [-0.2, -0.15) is 4.72 Å². The van der Waals surface area contributed by atoms with Gasteiger partial charge in [-0.25, -0.2) is 17.2 Å². The van der Waals surface area contributed by atoms with Crippen molar-refractivity contribution in [3.05, 3.63) is 59.2 Å². The molecule has 1 aliphatic rings. The van der Waals surface area contributed by atoms with Gasteiger partial charge in [-0.05, 0) is 55.7 Å². The van der Waals surface area contributed by atoms with Crippen LogP contribution in [0.2, 0.25) is 0 Å². The monoisotopic (exact) mass is 380 g/mol. The molecule has 0 saturated carbocycles. The zero-order valence-electron chi connectivity index (χ0n) is 14.3. The number of benzene rings is 2. The average molecular weight is 380 g/mol. The molecular weight excluding hydrogens is 362 g/mol. The number of amides is 1. The molecule has 1 saturated heterocycles. The number of aryl methyl sites for hydroxylation is 2. The third-order valence-electron chi connectivity index (χ3n) is 4.17. The van der Waals surface area contributed by atoms with Crippen LogP contribution >= 0.6 is 0 Å². The van der Waals surface area contributed by atoms with E-state index in [0.29, 0.717) is 30.4 Å². The second-order valence-electron chi connectivity index (χ2n) is 6.40. The Kier molecular flexibility index (Phi) is 4.81. The van der Waals surface area contributed by atoms with E-state index < -0.39 is 38.5 Å². The second kappa shape index (κ2) is 6.77. The molecule has 2 aromatic carbocycles. The SMILES string of the molecule is Cc1cc(C)cc(N2CC[C@@H](NS(=O)(=O)c3cc(F)cc(F)c3)C2=O)c1. The second-order valence-corrected chi connectivity index (χ2v) is 8.12. The first-order valence-electron chi connectivity index (χ1n) is 8.04. The number of carbonyl (C=O) groups is 1. The molecule has 5 nitrogen and oxygen atoms in total. The number of anilines is 1. The highest BCUT2D eigenvalue weighted by Gasteiger charge is 2.36. The van der Waals surface area contributed by atoms with Crippen LogP contribution in [0.1, 0.15) is 17.5 Å². The van der Waals surface area contributed by atoms with Gasteiger partial charge in [0.1, 0.15) is 17.7 Å². The summed E-state index contributed by atoms with van der Waals surface area (Å²) in [4.78, 5) is 13.6. The van der Waals surface area contributed by atoms with Crippen LogP contribution in [0.3, 0.4) is 0 Å². The highest BCUT2D eigenvalue weighted by Crippen LogP contribution is 2.25. The minimum atomic E-state index is -4.22. The summed E-state index contributed by atoms with van der Waals surface area (Å²) in [6, 6.07) is 6.71. The van der Waals surface area contributed by atoms with Gasteiger partial charge in [0, 0.05) is 18.3 Å². The molecule has 26 heavy (non-hydrogen) atoms. The Morgan fingerprint density at radius 3 is 2.15 bits per heavy atom. The van der Waals surface area contributed by atoms with Gasteiger partial charge in [-0.15, -0.1) is 0 Å². The van der Waals surface area contributed by atoms with Crippen molar-refractivity contribution < 1.29 is 22.0 Å². The fourth-order valence-corrected chi connectivity index (χ4v) is 4.36. The third kappa shape index (κ3) is 3.76. The minimum Gasteiger partial charge on any atom is -0.311 e. The molecular formula is C18H18F2N2O3S. The normalized spacial score (nSPS) is 17.8. The summed E-state index contributed by atoms with van der Waals surface area (Å²) in [5.74, 6) is -2.39. The van der Waals surface area contributed by atoms with Gasteiger partial charge in [0.2, 0.25) is 15.9 Å². The number of rotatable bonds is 4. The summed E-state index contributed by atoms with van der Waals surface area (Å²) in [6.45, 7) is 4.18. The van der Waals surface area contributed by atoms with E-state index in [2.05, 4.69) is 4.72 Å². The maximum absolute atomic E-state index is 13.3. The number of nitrogens with zero attached hydrogens (tertiary/aromatic N) is 1. The first-order chi connectivity index (χ1) is 12.2. The zero-order valence-corrected chi connectivity index (χ0v) is 15.1. The van der Waals surface area contributed by atoms with Gasteiger partial charge in [-0.1, -0.05) is 6.07 Å². The van der Waals surface area contributed by atoms with E-state index in [1.807, 2.05) is 32.0 Å². The van der Waals surface area contributed by atoms with Gasteiger partial charge < -0.3 is 4.90 Å². The fourth-order valence-electron chi connectivity index (χ4n) is 3.09. The number of hydrogen-bond acceptors (Lipinski definition) is 3. The summed E-state index contributed by atoms with van der Waals surface area (Å²) in [6.07, 6.45) is 0.267. The molecule has 2 aromatic rings. The maximum atomic E-state index is 13.3. The first kappa shape index (κ1) is 18.5. The quantitative estimate of drug-likeness (QED) is 0.887. The molecule has 8 heteroatoms. The molecule has 0 unspecified atom stereocenters. The summed E-state index contributed by atoms with van der Waals surface area (Å²) >= 11 is 0. The Labute approximate surface area is 150 Å². The van der Waals surface area contributed by atoms with Crippen molar-refractivity contribution in [3.8, 4) is 0 Å². The lowest BCUT2D eigenvalue weighted by Gasteiger charge is -2.18. The highest BCUT2D eigenvalue weighted by molar-refractivity contribution is 7.89. The number of nitrogens with one attached hydrogen (secondary N) is 1. The topological polar surface area (TPSA) is 66.5 Å². The Morgan fingerprint density at radius 1 is 1.00 bits per heavy atom. The maximum Gasteiger partial charge on any atom is 0.245 e. The first-order valence-corrected chi connectivity index (χ1v) is 9.52. The summed E-state index contributed by atoms with van der Waals surface area (Å²) in [5, 5.41) is 0. The van der Waals surface area contributed by atoms with Gasteiger partial charge in [-0.3, -0.25) is 4.79 Å². The van der Waals surface area contributed by atoms with E-state index in [-0.39, 0.29) is 6.42 Å². The molecule has 0 aromatic heterocycles. The number of halogens is 2. The standard InChI is InChI=1S/C18H18F2N2O3S/c1-11-5-12(2)7-15(6-11)22-4-3-17(18(22)23)21-26(24,25)16-9-13(19)8-14(20)10-16/h5-10,17,21H,3-4H2,1-2H3/t17-/m1/s1. The van der Waals surface area contributed by atoms with Crippen molar-refractivity contribution in [3.63, 3.8) is 0 Å². The Morgan fingerprint density at radius 2 is 1.58 bits per heavy atom. The Hall–Kier alpha value is -2.32. The Balaban J connectivity index is 1.82. The van der Waals surface area contributed by atoms with Gasteiger partial charge in [0.25, 0.3) is 0 Å². The molecule has 0 bridgehead atoms. The molecule has 1 atom stereocenters. The summed E-state index contributed by atoms with van der Waals surface area (Å²) < 4.78 is 53.6. The van der Waals surface area contributed by atoms with Crippen LogP contribution in [-0.4, -0.2) is 26.9 Å². The molecule has 1 aliphatic heterocycles. The number of carbonyl (C=O) groups excluding carboxylic acids is 1. The van der Waals surface area contributed by atoms with Gasteiger partial charge in [0.05, 0.1) is 4.90 Å². The predicted molar refractivity (Wildman–Crippen MR) is 93.4 cm³/mol. The molecule has 1 fully saturated rings. The van der Waals surface area contributed by atoms with Crippen molar-refractivity contribution in [2.45, 2.75) is 31.2 Å². The molecule has 0 radical (unpaired) electrons. The lowest BCUT2D eigenvalue weighted by molar-refractivity contribution is -0.118. The molecule has 1 N–H and O–H groups in total. The fraction of sp³-hybridized carbons (Fsp3) is 0.278. The van der Waals surface area contributed by atoms with Crippen LogP contribution in [-0.2, 0) is 14.8 Å². The molecule has 1 amide bonds. The van der Waals surface area contributed by atoms with E-state index in [0.717, 1.165) is 11.1 Å². The minimum absolute atomic E-state index is 0.267. The van der Waals surface area contributed by atoms with Crippen molar-refractivity contribution in [1.82, 2.24) is 4.72 Å². The van der Waals surface area contributed by atoms with E-state index in [1.54, 1.807) is 0 Å². The number of sulfonamides is 1. The van der Waals surface area contributed by atoms with Crippen molar-refractivity contribution in [2.24, 2.45) is 0 Å². The van der Waals surface area contributed by atoms with Crippen molar-refractivity contribution in [1.29, 1.82) is 0 Å². The van der Waals surface area contributed by atoms with Gasteiger partial charge >= 0.3 is 0 Å². The van der Waals surface area contributed by atoms with Crippen LogP contribution in [0.25, 0.3) is 0 Å². The lowest BCUT2D eigenvalue weighted by atomic mass is 10.1. The third-order valence-corrected chi connectivity index (χ3v) is 5.62. The van der Waals surface area contributed by atoms with Gasteiger partial charge in [0.15, 0.2) is 0 Å². The zero-order chi connectivity index (χ0) is 19.1. The van der Waals surface area contributed by atoms with Crippen molar-refractivity contribution >= 4 is 21.6 Å². The summed E-state index contributed by atoms with van der Waals surface area (Å²) in [7, 11) is -4.22. The molecule has 0 spiro atoms. The van der Waals surface area contributed by atoms with Crippen molar-refractivity contribution in [2.75, 3.05) is 11.4 Å². The van der Waals surface area contributed by atoms with Crippen LogP contribution in [0.4, 0.5) is 14.5 Å². The number of hydrogen-bond donors (Lipinski definition) is 1. The highest BCUT2D eigenvalue weighted by atomic mass is 32.2. The molecule has 1 heterocycles. The van der Waals surface area contributed by atoms with E-state index in [9.17, 15) is 22.0 Å². The largest absolute Gasteiger partial charge is 0.311 e. The average Bonchev–Trinajstić information content (AvgIpc) is 2.86. The molecule has 3 rings (SSSR count).